The topological polar surface area (TPSA) is 89.8 Å². The van der Waals surface area contributed by atoms with Gasteiger partial charge in [0.05, 0.1) is 23.9 Å². The third-order valence-corrected chi connectivity index (χ3v) is 7.44. The molecule has 36 heavy (non-hydrogen) atoms. The Morgan fingerprint density at radius 3 is 1.83 bits per heavy atom. The Labute approximate surface area is 207 Å². The Hall–Kier alpha value is -4.52. The summed E-state index contributed by atoms with van der Waals surface area (Å²) in [6.45, 7) is 0. The minimum Gasteiger partial charge on any atom is -0.495 e. The van der Waals surface area contributed by atoms with Crippen molar-refractivity contribution in [2.75, 3.05) is 12.0 Å². The highest BCUT2D eigenvalue weighted by Crippen LogP contribution is 2.59. The number of ether oxygens (including phenoxy) is 1. The molecule has 0 radical (unpaired) electrons. The number of hydrogen-bond donors (Lipinski definition) is 0. The summed E-state index contributed by atoms with van der Waals surface area (Å²) in [5, 5.41) is 11.4. The van der Waals surface area contributed by atoms with Gasteiger partial charge in [-0.2, -0.15) is 0 Å². The molecule has 1 heterocycles. The van der Waals surface area contributed by atoms with Crippen molar-refractivity contribution in [1.82, 2.24) is 0 Å². The van der Waals surface area contributed by atoms with Crippen LogP contribution in [-0.2, 0) is 9.59 Å². The molecular weight excluding hydrogens is 456 g/mol. The summed E-state index contributed by atoms with van der Waals surface area (Å²) in [5.74, 6) is -2.05. The molecule has 3 aromatic carbocycles. The number of hydrogen-bond acceptors (Lipinski definition) is 5. The van der Waals surface area contributed by atoms with Gasteiger partial charge in [0.15, 0.2) is 0 Å². The number of amides is 2. The average Bonchev–Trinajstić information content (AvgIpc) is 3.54. The Kier molecular flexibility index (Phi) is 5.07. The lowest BCUT2D eigenvalue weighted by Gasteiger charge is -2.22. The van der Waals surface area contributed by atoms with Crippen molar-refractivity contribution in [3.8, 4) is 5.75 Å². The van der Waals surface area contributed by atoms with Crippen molar-refractivity contribution >= 4 is 28.8 Å². The fourth-order valence-corrected chi connectivity index (χ4v) is 6.01. The van der Waals surface area contributed by atoms with Crippen LogP contribution in [0.1, 0.15) is 11.1 Å². The minimum atomic E-state index is -0.561. The zero-order valence-corrected chi connectivity index (χ0v) is 19.4. The summed E-state index contributed by atoms with van der Waals surface area (Å²) < 4.78 is 5.36. The van der Waals surface area contributed by atoms with E-state index in [9.17, 15) is 19.7 Å². The van der Waals surface area contributed by atoms with E-state index in [-0.39, 0.29) is 40.8 Å². The number of nitro groups is 1. The van der Waals surface area contributed by atoms with Crippen LogP contribution in [0.15, 0.2) is 96.6 Å². The van der Waals surface area contributed by atoms with Gasteiger partial charge in [0.2, 0.25) is 11.8 Å². The number of non-ortho nitro benzene ring substituents is 1. The molecule has 2 amide bonds. The molecule has 3 aromatic rings. The molecule has 1 saturated heterocycles. The molecule has 0 aromatic heterocycles. The Balaban J connectivity index is 1.48. The van der Waals surface area contributed by atoms with Gasteiger partial charge in [0.25, 0.3) is 5.69 Å². The number of anilines is 1. The van der Waals surface area contributed by atoms with Crippen LogP contribution in [0.5, 0.6) is 5.75 Å². The molecule has 6 rings (SSSR count). The van der Waals surface area contributed by atoms with Crippen molar-refractivity contribution in [2.24, 2.45) is 23.7 Å². The fraction of sp³-hybridized carbons (Fsp3) is 0.172. The van der Waals surface area contributed by atoms with Crippen molar-refractivity contribution in [3.05, 3.63) is 118 Å². The zero-order valence-electron chi connectivity index (χ0n) is 19.4. The van der Waals surface area contributed by atoms with Gasteiger partial charge in [-0.05, 0) is 28.3 Å². The van der Waals surface area contributed by atoms with Crippen LogP contribution in [0.3, 0.4) is 0 Å². The number of methoxy groups -OCH3 is 1. The number of allylic oxidation sites excluding steroid dienone is 3. The normalized spacial score (nSPS) is 23.8. The molecule has 1 aliphatic heterocycles. The highest BCUT2D eigenvalue weighted by atomic mass is 16.6. The van der Waals surface area contributed by atoms with Crippen molar-refractivity contribution in [3.63, 3.8) is 0 Å². The second-order valence-corrected chi connectivity index (χ2v) is 9.18. The van der Waals surface area contributed by atoms with Crippen molar-refractivity contribution in [2.45, 2.75) is 0 Å². The zero-order chi connectivity index (χ0) is 25.0. The number of rotatable bonds is 5. The van der Waals surface area contributed by atoms with Crippen LogP contribution in [0.2, 0.25) is 0 Å². The van der Waals surface area contributed by atoms with Crippen molar-refractivity contribution in [1.29, 1.82) is 0 Å². The van der Waals surface area contributed by atoms with Gasteiger partial charge in [-0.25, -0.2) is 4.90 Å². The van der Waals surface area contributed by atoms with Crippen LogP contribution >= 0.6 is 0 Å². The molecule has 2 bridgehead atoms. The number of nitrogens with zero attached hydrogens (tertiary/aromatic N) is 2. The maximum absolute atomic E-state index is 13.8. The van der Waals surface area contributed by atoms with E-state index in [0.29, 0.717) is 0 Å². The molecule has 2 aliphatic carbocycles. The molecule has 1 saturated carbocycles. The molecule has 3 aliphatic rings. The lowest BCUT2D eigenvalue weighted by molar-refractivity contribution is -0.384. The van der Waals surface area contributed by atoms with Gasteiger partial charge in [0.1, 0.15) is 11.4 Å². The van der Waals surface area contributed by atoms with Crippen LogP contribution in [0, 0.1) is 33.8 Å². The van der Waals surface area contributed by atoms with E-state index in [1.807, 2.05) is 72.8 Å². The maximum atomic E-state index is 13.8. The van der Waals surface area contributed by atoms with E-state index in [4.69, 9.17) is 4.74 Å². The highest BCUT2D eigenvalue weighted by Gasteiger charge is 2.62. The van der Waals surface area contributed by atoms with E-state index in [0.717, 1.165) is 27.2 Å². The standard InChI is InChI=1S/C29H22N2O5/c1-36-23-15-12-19(31(34)35)16-22(23)30-28(32)26-20-13-14-21(27(26)29(30)33)25(20)24(17-8-4-2-5-9-17)18-10-6-3-7-11-18/h2-16,20-21,26-27H,1H3/t20-,21+,26+,27-. The summed E-state index contributed by atoms with van der Waals surface area (Å²) in [7, 11) is 1.41. The Morgan fingerprint density at radius 2 is 1.36 bits per heavy atom. The largest absolute Gasteiger partial charge is 0.495 e. The van der Waals surface area contributed by atoms with Gasteiger partial charge in [0, 0.05) is 24.0 Å². The first-order chi connectivity index (χ1) is 17.5. The van der Waals surface area contributed by atoms with E-state index in [2.05, 4.69) is 0 Å². The van der Waals surface area contributed by atoms with Crippen LogP contribution in [-0.4, -0.2) is 23.8 Å². The number of fused-ring (bicyclic) bond motifs is 5. The van der Waals surface area contributed by atoms with E-state index >= 15 is 0 Å². The molecule has 0 N–H and O–H groups in total. The summed E-state index contributed by atoms with van der Waals surface area (Å²) in [6.07, 6.45) is 4.07. The first kappa shape index (κ1) is 22.0. The summed E-state index contributed by atoms with van der Waals surface area (Å²) in [4.78, 5) is 39.5. The summed E-state index contributed by atoms with van der Waals surface area (Å²) >= 11 is 0. The molecular formula is C29H22N2O5. The predicted molar refractivity (Wildman–Crippen MR) is 134 cm³/mol. The molecule has 0 spiro atoms. The van der Waals surface area contributed by atoms with Gasteiger partial charge in [-0.15, -0.1) is 0 Å². The van der Waals surface area contributed by atoms with Gasteiger partial charge >= 0.3 is 0 Å². The SMILES string of the molecule is COc1ccc([N+](=O)[O-])cc1N1C(=O)[C@@H]2[C@H](C1=O)[C@H]1C=C[C@@H]2C1=C(c1ccccc1)c1ccccc1. The van der Waals surface area contributed by atoms with Crippen LogP contribution < -0.4 is 9.64 Å². The van der Waals surface area contributed by atoms with Gasteiger partial charge in [-0.3, -0.25) is 19.7 Å². The summed E-state index contributed by atoms with van der Waals surface area (Å²) in [5.41, 5.74) is 4.11. The molecule has 178 valence electrons. The van der Waals surface area contributed by atoms with E-state index in [1.165, 1.54) is 25.3 Å². The number of carbonyl (C=O) groups excluding carboxylic acids is 2. The molecule has 4 atom stereocenters. The second kappa shape index (κ2) is 8.30. The Bertz CT molecular complexity index is 1390. The molecule has 7 heteroatoms. The fourth-order valence-electron chi connectivity index (χ4n) is 6.01. The molecule has 2 fully saturated rings. The number of nitro benzene ring substituents is 1. The summed E-state index contributed by atoms with van der Waals surface area (Å²) in [6, 6.07) is 24.0. The lowest BCUT2D eigenvalue weighted by atomic mass is 9.85. The molecule has 7 nitrogen and oxygen atoms in total. The monoisotopic (exact) mass is 478 g/mol. The first-order valence-electron chi connectivity index (χ1n) is 11.7. The van der Waals surface area contributed by atoms with E-state index < -0.39 is 16.8 Å². The average molecular weight is 479 g/mol. The van der Waals surface area contributed by atoms with Gasteiger partial charge in [-0.1, -0.05) is 72.8 Å². The van der Waals surface area contributed by atoms with Crippen LogP contribution in [0.4, 0.5) is 11.4 Å². The number of imide groups is 1. The third kappa shape index (κ3) is 3.12. The minimum absolute atomic E-state index is 0.118. The molecule has 0 unspecified atom stereocenters. The van der Waals surface area contributed by atoms with Gasteiger partial charge < -0.3 is 4.74 Å². The lowest BCUT2D eigenvalue weighted by Crippen LogP contribution is -2.33. The quantitative estimate of drug-likeness (QED) is 0.222. The highest BCUT2D eigenvalue weighted by molar-refractivity contribution is 6.24. The van der Waals surface area contributed by atoms with E-state index in [1.54, 1.807) is 0 Å². The smallest absolute Gasteiger partial charge is 0.271 e. The number of carbonyl (C=O) groups is 2. The van der Waals surface area contributed by atoms with Crippen LogP contribution in [0.25, 0.3) is 5.57 Å². The number of benzene rings is 3. The predicted octanol–water partition coefficient (Wildman–Crippen LogP) is 5.03. The van der Waals surface area contributed by atoms with Crippen molar-refractivity contribution < 1.29 is 19.2 Å². The third-order valence-electron chi connectivity index (χ3n) is 7.44. The first-order valence-corrected chi connectivity index (χ1v) is 11.7. The maximum Gasteiger partial charge on any atom is 0.271 e. The second-order valence-electron chi connectivity index (χ2n) is 9.18. The Morgan fingerprint density at radius 1 is 0.833 bits per heavy atom.